The van der Waals surface area contributed by atoms with E-state index >= 15 is 0 Å². The van der Waals surface area contributed by atoms with Crippen molar-refractivity contribution in [1.82, 2.24) is 10.3 Å². The van der Waals surface area contributed by atoms with Crippen LogP contribution in [0.3, 0.4) is 0 Å². The maximum Gasteiger partial charge on any atom is 0.253 e. The van der Waals surface area contributed by atoms with E-state index in [4.69, 9.17) is 4.42 Å². The molecule has 0 aliphatic carbocycles. The molecule has 0 aliphatic heterocycles. The highest BCUT2D eigenvalue weighted by Gasteiger charge is 2.15. The van der Waals surface area contributed by atoms with Gasteiger partial charge in [-0.15, -0.1) is 0 Å². The summed E-state index contributed by atoms with van der Waals surface area (Å²) in [6.07, 6.45) is 1.20. The lowest BCUT2D eigenvalue weighted by molar-refractivity contribution is 0.0935. The molecular formula is C16H13FN2O2. The predicted octanol–water partition coefficient (Wildman–Crippen LogP) is 3.46. The molecule has 0 radical (unpaired) electrons. The smallest absolute Gasteiger partial charge is 0.253 e. The van der Waals surface area contributed by atoms with Gasteiger partial charge in [-0.3, -0.25) is 4.79 Å². The van der Waals surface area contributed by atoms with E-state index in [1.807, 2.05) is 37.3 Å². The highest BCUT2D eigenvalue weighted by atomic mass is 19.1. The Hall–Kier alpha value is -2.69. The molecule has 0 fully saturated rings. The third-order valence-electron chi connectivity index (χ3n) is 3.21. The lowest BCUT2D eigenvalue weighted by Gasteiger charge is -2.11. The number of nitrogens with one attached hydrogen (secondary N) is 1. The number of para-hydroxylation sites is 1. The Bertz CT molecular complexity index is 747. The first-order valence-electron chi connectivity index (χ1n) is 6.54. The highest BCUT2D eigenvalue weighted by Crippen LogP contribution is 2.23. The molecule has 3 aromatic rings. The van der Waals surface area contributed by atoms with Crippen LogP contribution in [-0.2, 0) is 0 Å². The Balaban J connectivity index is 1.77. The fourth-order valence-electron chi connectivity index (χ4n) is 2.08. The van der Waals surface area contributed by atoms with Gasteiger partial charge in [-0.25, -0.2) is 4.98 Å². The van der Waals surface area contributed by atoms with Gasteiger partial charge in [0, 0.05) is 11.6 Å². The molecular weight excluding hydrogens is 271 g/mol. The molecule has 0 saturated carbocycles. The van der Waals surface area contributed by atoms with Gasteiger partial charge in [0.25, 0.3) is 5.91 Å². The zero-order chi connectivity index (χ0) is 14.8. The van der Waals surface area contributed by atoms with Crippen LogP contribution < -0.4 is 5.32 Å². The number of rotatable bonds is 3. The van der Waals surface area contributed by atoms with Crippen molar-refractivity contribution in [3.05, 3.63) is 65.9 Å². The fourth-order valence-corrected chi connectivity index (χ4v) is 2.08. The fraction of sp³-hybridized carbons (Fsp3) is 0.125. The van der Waals surface area contributed by atoms with Crippen LogP contribution in [0.15, 0.2) is 53.1 Å². The summed E-state index contributed by atoms with van der Waals surface area (Å²) >= 11 is 0. The summed E-state index contributed by atoms with van der Waals surface area (Å²) in [5.41, 5.74) is 1.08. The van der Waals surface area contributed by atoms with Crippen molar-refractivity contribution >= 4 is 16.9 Å². The van der Waals surface area contributed by atoms with Gasteiger partial charge < -0.3 is 9.73 Å². The largest absolute Gasteiger partial charge is 0.459 e. The number of fused-ring (bicyclic) bond motifs is 1. The van der Waals surface area contributed by atoms with Gasteiger partial charge in [-0.2, -0.15) is 4.39 Å². The van der Waals surface area contributed by atoms with Gasteiger partial charge in [0.2, 0.25) is 5.95 Å². The Morgan fingerprint density at radius 2 is 2.10 bits per heavy atom. The quantitative estimate of drug-likeness (QED) is 0.749. The molecule has 21 heavy (non-hydrogen) atoms. The second-order valence-corrected chi connectivity index (χ2v) is 4.75. The normalized spacial score (nSPS) is 12.3. The standard InChI is InChI=1S/C16H13FN2O2/c1-10(14-8-11-4-2-3-5-13(11)21-14)19-16(20)12-6-7-15(17)18-9-12/h2-10H,1H3,(H,19,20). The zero-order valence-electron chi connectivity index (χ0n) is 11.3. The van der Waals surface area contributed by atoms with Crippen molar-refractivity contribution in [2.24, 2.45) is 0 Å². The maximum atomic E-state index is 12.7. The van der Waals surface area contributed by atoms with Gasteiger partial charge >= 0.3 is 0 Å². The third kappa shape index (κ3) is 2.76. The van der Waals surface area contributed by atoms with E-state index in [1.54, 1.807) is 0 Å². The van der Waals surface area contributed by atoms with Gasteiger partial charge in [0.1, 0.15) is 11.3 Å². The number of benzene rings is 1. The van der Waals surface area contributed by atoms with E-state index in [9.17, 15) is 9.18 Å². The molecule has 2 heterocycles. The Morgan fingerprint density at radius 1 is 1.29 bits per heavy atom. The summed E-state index contributed by atoms with van der Waals surface area (Å²) in [6.45, 7) is 1.83. The third-order valence-corrected chi connectivity index (χ3v) is 3.21. The Morgan fingerprint density at radius 3 is 2.81 bits per heavy atom. The molecule has 1 atom stereocenters. The van der Waals surface area contributed by atoms with Crippen LogP contribution in [0.4, 0.5) is 4.39 Å². The Kier molecular flexibility index (Phi) is 3.39. The molecule has 4 nitrogen and oxygen atoms in total. The molecule has 2 aromatic heterocycles. The number of pyridine rings is 1. The number of furan rings is 1. The summed E-state index contributed by atoms with van der Waals surface area (Å²) in [6, 6.07) is 11.8. The number of amides is 1. The minimum atomic E-state index is -0.614. The molecule has 0 saturated heterocycles. The van der Waals surface area contributed by atoms with E-state index in [-0.39, 0.29) is 11.9 Å². The SMILES string of the molecule is CC(NC(=O)c1ccc(F)nc1)c1cc2ccccc2o1. The molecule has 1 aromatic carbocycles. The van der Waals surface area contributed by atoms with Crippen molar-refractivity contribution in [3.8, 4) is 0 Å². The van der Waals surface area contributed by atoms with Crippen molar-refractivity contribution in [2.75, 3.05) is 0 Å². The van der Waals surface area contributed by atoms with E-state index in [0.29, 0.717) is 11.3 Å². The molecule has 1 amide bonds. The number of hydrogen-bond donors (Lipinski definition) is 1. The van der Waals surface area contributed by atoms with Crippen LogP contribution in [-0.4, -0.2) is 10.9 Å². The number of halogens is 1. The Labute approximate surface area is 120 Å². The van der Waals surface area contributed by atoms with E-state index in [0.717, 1.165) is 17.0 Å². The number of carbonyl (C=O) groups excluding carboxylic acids is 1. The van der Waals surface area contributed by atoms with E-state index < -0.39 is 5.95 Å². The monoisotopic (exact) mass is 284 g/mol. The summed E-state index contributed by atoms with van der Waals surface area (Å²) < 4.78 is 18.4. The lowest BCUT2D eigenvalue weighted by atomic mass is 10.2. The second-order valence-electron chi connectivity index (χ2n) is 4.75. The van der Waals surface area contributed by atoms with Crippen molar-refractivity contribution < 1.29 is 13.6 Å². The molecule has 106 valence electrons. The minimum Gasteiger partial charge on any atom is -0.459 e. The van der Waals surface area contributed by atoms with Gasteiger partial charge in [0.15, 0.2) is 0 Å². The van der Waals surface area contributed by atoms with Gasteiger partial charge in [-0.05, 0) is 31.2 Å². The highest BCUT2D eigenvalue weighted by molar-refractivity contribution is 5.94. The first-order valence-corrected chi connectivity index (χ1v) is 6.54. The van der Waals surface area contributed by atoms with Crippen LogP contribution >= 0.6 is 0 Å². The summed E-state index contributed by atoms with van der Waals surface area (Å²) in [7, 11) is 0. The predicted molar refractivity (Wildman–Crippen MR) is 76.3 cm³/mol. The average molecular weight is 284 g/mol. The second kappa shape index (κ2) is 5.36. The first kappa shape index (κ1) is 13.3. The van der Waals surface area contributed by atoms with Crippen LogP contribution in [0.1, 0.15) is 29.1 Å². The summed E-state index contributed by atoms with van der Waals surface area (Å²) in [5, 5.41) is 3.78. The minimum absolute atomic E-state index is 0.296. The topological polar surface area (TPSA) is 55.1 Å². The number of carbonyl (C=O) groups is 1. The number of aromatic nitrogens is 1. The number of hydrogen-bond acceptors (Lipinski definition) is 3. The molecule has 1 N–H and O–H groups in total. The molecule has 0 spiro atoms. The van der Waals surface area contributed by atoms with Crippen molar-refractivity contribution in [3.63, 3.8) is 0 Å². The number of nitrogens with zero attached hydrogens (tertiary/aromatic N) is 1. The average Bonchev–Trinajstić information content (AvgIpc) is 2.92. The van der Waals surface area contributed by atoms with Gasteiger partial charge in [-0.1, -0.05) is 18.2 Å². The lowest BCUT2D eigenvalue weighted by Crippen LogP contribution is -2.26. The maximum absolute atomic E-state index is 12.7. The van der Waals surface area contributed by atoms with Gasteiger partial charge in [0.05, 0.1) is 11.6 Å². The molecule has 0 aliphatic rings. The van der Waals surface area contributed by atoms with Crippen LogP contribution in [0.25, 0.3) is 11.0 Å². The summed E-state index contributed by atoms with van der Waals surface area (Å²) in [5.74, 6) is -0.271. The molecule has 0 bridgehead atoms. The van der Waals surface area contributed by atoms with Crippen LogP contribution in [0.2, 0.25) is 0 Å². The first-order chi connectivity index (χ1) is 10.1. The van der Waals surface area contributed by atoms with Crippen molar-refractivity contribution in [1.29, 1.82) is 0 Å². The molecule has 1 unspecified atom stereocenters. The summed E-state index contributed by atoms with van der Waals surface area (Å²) in [4.78, 5) is 15.5. The van der Waals surface area contributed by atoms with Crippen LogP contribution in [0, 0.1) is 5.95 Å². The van der Waals surface area contributed by atoms with Crippen LogP contribution in [0.5, 0.6) is 0 Å². The van der Waals surface area contributed by atoms with Crippen molar-refractivity contribution in [2.45, 2.75) is 13.0 Å². The van der Waals surface area contributed by atoms with E-state index in [1.165, 1.54) is 12.3 Å². The molecule has 3 rings (SSSR count). The van der Waals surface area contributed by atoms with E-state index in [2.05, 4.69) is 10.3 Å². The molecule has 5 heteroatoms. The zero-order valence-corrected chi connectivity index (χ0v) is 11.3.